The van der Waals surface area contributed by atoms with Crippen LogP contribution in [0.15, 0.2) is 66.9 Å². The highest BCUT2D eigenvalue weighted by atomic mass is 19.1. The van der Waals surface area contributed by atoms with Gasteiger partial charge in [-0.25, -0.2) is 18.6 Å². The van der Waals surface area contributed by atoms with Crippen molar-refractivity contribution in [2.45, 2.75) is 57.8 Å². The van der Waals surface area contributed by atoms with Gasteiger partial charge in [0.15, 0.2) is 0 Å². The number of benzene rings is 2. The van der Waals surface area contributed by atoms with Gasteiger partial charge in [0.2, 0.25) is 0 Å². The molecule has 0 fully saturated rings. The molecule has 47 heavy (non-hydrogen) atoms. The largest absolute Gasteiger partial charge is 0.469 e. The lowest BCUT2D eigenvalue weighted by molar-refractivity contribution is -0.143. The number of nitrogens with one attached hydrogen (secondary N) is 1. The van der Waals surface area contributed by atoms with Crippen LogP contribution in [0.5, 0.6) is 0 Å². The summed E-state index contributed by atoms with van der Waals surface area (Å²) in [7, 11) is 2.46. The Bertz CT molecular complexity index is 1700. The Kier molecular flexibility index (Phi) is 11.6. The zero-order valence-electron chi connectivity index (χ0n) is 26.5. The number of rotatable bonds is 13. The average Bonchev–Trinajstić information content (AvgIpc) is 3.39. The lowest BCUT2D eigenvalue weighted by atomic mass is 9.92. The van der Waals surface area contributed by atoms with Crippen molar-refractivity contribution in [2.75, 3.05) is 19.5 Å². The van der Waals surface area contributed by atoms with E-state index >= 15 is 0 Å². The minimum absolute atomic E-state index is 0.0885. The van der Waals surface area contributed by atoms with Gasteiger partial charge in [0.25, 0.3) is 5.91 Å². The normalized spacial score (nSPS) is 12.4. The van der Waals surface area contributed by atoms with Crippen LogP contribution in [0.25, 0.3) is 22.3 Å². The highest BCUT2D eigenvalue weighted by Crippen LogP contribution is 2.43. The van der Waals surface area contributed by atoms with Gasteiger partial charge < -0.3 is 29.6 Å². The van der Waals surface area contributed by atoms with E-state index < -0.39 is 41.7 Å². The molecule has 0 spiro atoms. The Morgan fingerprint density at radius 3 is 1.96 bits per heavy atom. The molecule has 1 amide bonds. The first kappa shape index (κ1) is 34.9. The van der Waals surface area contributed by atoms with Gasteiger partial charge in [-0.2, -0.15) is 0 Å². The number of methoxy groups -OCH3 is 2. The summed E-state index contributed by atoms with van der Waals surface area (Å²) in [5.74, 6) is -2.53. The first-order chi connectivity index (χ1) is 22.4. The van der Waals surface area contributed by atoms with Gasteiger partial charge in [0, 0.05) is 29.1 Å². The smallest absolute Gasteiger partial charge is 0.339 e. The highest BCUT2D eigenvalue weighted by molar-refractivity contribution is 6.11. The predicted octanol–water partition coefficient (Wildman–Crippen LogP) is 5.72. The Hall–Kier alpha value is -4.94. The van der Waals surface area contributed by atoms with Crippen molar-refractivity contribution in [2.24, 2.45) is 0 Å². The monoisotopic (exact) mass is 649 g/mol. The molecule has 0 radical (unpaired) electrons. The minimum Gasteiger partial charge on any atom is -0.469 e. The molecule has 0 saturated heterocycles. The van der Waals surface area contributed by atoms with E-state index in [2.05, 4.69) is 15.0 Å². The van der Waals surface area contributed by atoms with Crippen LogP contribution in [0, 0.1) is 11.6 Å². The van der Waals surface area contributed by atoms with Crippen molar-refractivity contribution < 1.29 is 42.9 Å². The van der Waals surface area contributed by atoms with Gasteiger partial charge in [0.05, 0.1) is 38.4 Å². The van der Waals surface area contributed by atoms with E-state index in [9.17, 15) is 33.4 Å². The van der Waals surface area contributed by atoms with Crippen molar-refractivity contribution in [1.82, 2.24) is 9.55 Å². The van der Waals surface area contributed by atoms with E-state index in [1.54, 1.807) is 24.3 Å². The number of hydrogen-bond donors (Lipinski definition) is 3. The number of aliphatic hydroxyl groups is 2. The molecule has 2 atom stereocenters. The molecule has 2 aromatic heterocycles. The number of aromatic nitrogens is 2. The molecule has 12 heteroatoms. The Balaban J connectivity index is 1.87. The summed E-state index contributed by atoms with van der Waals surface area (Å²) in [6, 6.07) is 14.0. The molecule has 0 saturated carbocycles. The van der Waals surface area contributed by atoms with Crippen LogP contribution in [-0.2, 0) is 20.7 Å². The number of carbonyl (C=O) groups is 3. The van der Waals surface area contributed by atoms with E-state index in [0.717, 1.165) is 0 Å². The highest BCUT2D eigenvalue weighted by Gasteiger charge is 2.31. The van der Waals surface area contributed by atoms with Gasteiger partial charge in [-0.05, 0) is 80.6 Å². The van der Waals surface area contributed by atoms with Gasteiger partial charge in [0.1, 0.15) is 23.1 Å². The zero-order valence-corrected chi connectivity index (χ0v) is 26.5. The molecular weight excluding hydrogens is 612 g/mol. The first-order valence-corrected chi connectivity index (χ1v) is 15.0. The second-order valence-corrected chi connectivity index (χ2v) is 11.3. The molecule has 0 bridgehead atoms. The number of amides is 1. The van der Waals surface area contributed by atoms with Crippen molar-refractivity contribution in [1.29, 1.82) is 0 Å². The Labute approximate surface area is 271 Å². The number of pyridine rings is 1. The fourth-order valence-electron chi connectivity index (χ4n) is 5.48. The van der Waals surface area contributed by atoms with Crippen LogP contribution >= 0.6 is 0 Å². The fourth-order valence-corrected chi connectivity index (χ4v) is 5.48. The van der Waals surface area contributed by atoms with E-state index in [4.69, 9.17) is 4.74 Å². The third kappa shape index (κ3) is 8.46. The van der Waals surface area contributed by atoms with Gasteiger partial charge in [-0.3, -0.25) is 9.59 Å². The quantitative estimate of drug-likeness (QED) is 0.156. The number of aliphatic hydroxyl groups excluding tert-OH is 2. The molecule has 0 aliphatic heterocycles. The fraction of sp³-hybridized carbons (Fsp3) is 0.314. The van der Waals surface area contributed by atoms with E-state index in [1.165, 1.54) is 56.8 Å². The maximum Gasteiger partial charge on any atom is 0.339 e. The van der Waals surface area contributed by atoms with Crippen LogP contribution in [0.1, 0.15) is 65.7 Å². The number of esters is 2. The molecule has 3 N–H and O–H groups in total. The van der Waals surface area contributed by atoms with E-state index in [1.807, 2.05) is 18.4 Å². The van der Waals surface area contributed by atoms with Crippen molar-refractivity contribution in [3.8, 4) is 22.3 Å². The van der Waals surface area contributed by atoms with Gasteiger partial charge in [-0.1, -0.05) is 24.3 Å². The van der Waals surface area contributed by atoms with Crippen LogP contribution in [0.2, 0.25) is 0 Å². The molecule has 0 unspecified atom stereocenters. The summed E-state index contributed by atoms with van der Waals surface area (Å²) in [6.07, 6.45) is -0.877. The standard InChI is InChI=1S/C35H37F2N3O7/c1-20(2)40-28(15-14-26(41)17-27(42)18-30(43)46-3)31(21-5-10-24(36)11-6-21)32(22-7-12-25(37)13-8-22)33(40)34(44)39-29-16-9-23(19-38-29)35(45)47-4/h5-13,16,19-20,26-27,41-42H,14-15,17-18H2,1-4H3,(H,38,39,44)/t26-,27-/m1/s1. The molecule has 4 rings (SSSR count). The van der Waals surface area contributed by atoms with Gasteiger partial charge in [-0.15, -0.1) is 0 Å². The Morgan fingerprint density at radius 1 is 0.851 bits per heavy atom. The topological polar surface area (TPSA) is 140 Å². The van der Waals surface area contributed by atoms with Crippen LogP contribution < -0.4 is 5.32 Å². The first-order valence-electron chi connectivity index (χ1n) is 15.0. The zero-order chi connectivity index (χ0) is 34.2. The lowest BCUT2D eigenvalue weighted by Gasteiger charge is -2.20. The maximum absolute atomic E-state index is 14.2. The molecule has 2 heterocycles. The molecule has 4 aromatic rings. The van der Waals surface area contributed by atoms with Gasteiger partial charge >= 0.3 is 11.9 Å². The third-order valence-electron chi connectivity index (χ3n) is 7.62. The maximum atomic E-state index is 14.2. The van der Waals surface area contributed by atoms with Crippen LogP contribution in [0.4, 0.5) is 14.6 Å². The second-order valence-electron chi connectivity index (χ2n) is 11.3. The average molecular weight is 650 g/mol. The summed E-state index contributed by atoms with van der Waals surface area (Å²) >= 11 is 0. The third-order valence-corrected chi connectivity index (χ3v) is 7.62. The molecule has 10 nitrogen and oxygen atoms in total. The van der Waals surface area contributed by atoms with Crippen LogP contribution in [0.3, 0.4) is 0 Å². The summed E-state index contributed by atoms with van der Waals surface area (Å²) in [5, 5.41) is 24.0. The molecule has 2 aromatic carbocycles. The number of nitrogens with zero attached hydrogens (tertiary/aromatic N) is 2. The number of carbonyl (C=O) groups excluding carboxylic acids is 3. The SMILES string of the molecule is COC(=O)C[C@H](O)C[C@H](O)CCc1c(-c2ccc(F)cc2)c(-c2ccc(F)cc2)c(C(=O)Nc2ccc(C(=O)OC)cn2)n1C(C)C. The van der Waals surface area contributed by atoms with Crippen molar-refractivity contribution in [3.05, 3.63) is 95.4 Å². The summed E-state index contributed by atoms with van der Waals surface area (Å²) in [6.45, 7) is 3.76. The van der Waals surface area contributed by atoms with Crippen LogP contribution in [-0.4, -0.2) is 64.0 Å². The predicted molar refractivity (Wildman–Crippen MR) is 171 cm³/mol. The van der Waals surface area contributed by atoms with Crippen molar-refractivity contribution in [3.63, 3.8) is 0 Å². The summed E-state index contributed by atoms with van der Waals surface area (Å²) in [5.41, 5.74) is 3.15. The summed E-state index contributed by atoms with van der Waals surface area (Å²) < 4.78 is 39.4. The number of halogens is 2. The minimum atomic E-state index is -1.12. The lowest BCUT2D eigenvalue weighted by Crippen LogP contribution is -2.23. The molecular formula is C35H37F2N3O7. The van der Waals surface area contributed by atoms with Crippen molar-refractivity contribution >= 4 is 23.7 Å². The van der Waals surface area contributed by atoms with E-state index in [0.29, 0.717) is 27.9 Å². The molecule has 0 aliphatic carbocycles. The second kappa shape index (κ2) is 15.6. The molecule has 248 valence electrons. The molecule has 0 aliphatic rings. The number of ether oxygens (including phenoxy) is 2. The number of anilines is 1. The van der Waals surface area contributed by atoms with E-state index in [-0.39, 0.29) is 48.8 Å². The Morgan fingerprint density at radius 2 is 1.45 bits per heavy atom. The number of hydrogen-bond acceptors (Lipinski definition) is 8. The summed E-state index contributed by atoms with van der Waals surface area (Å²) in [4.78, 5) is 41.9.